The summed E-state index contributed by atoms with van der Waals surface area (Å²) in [5, 5.41) is 8.13. The summed E-state index contributed by atoms with van der Waals surface area (Å²) in [5.41, 5.74) is 7.57. The average molecular weight is 274 g/mol. The molecule has 1 heterocycles. The van der Waals surface area contributed by atoms with Crippen LogP contribution in [0.1, 0.15) is 32.9 Å². The Morgan fingerprint density at radius 3 is 2.55 bits per heavy atom. The van der Waals surface area contributed by atoms with Crippen molar-refractivity contribution in [2.24, 2.45) is 0 Å². The highest BCUT2D eigenvalue weighted by molar-refractivity contribution is 5.41. The molecule has 0 fully saturated rings. The molecule has 20 heavy (non-hydrogen) atoms. The van der Waals surface area contributed by atoms with E-state index in [0.29, 0.717) is 6.61 Å². The van der Waals surface area contributed by atoms with Gasteiger partial charge in [-0.15, -0.1) is 5.10 Å². The largest absolute Gasteiger partial charge is 0.494 e. The van der Waals surface area contributed by atoms with Gasteiger partial charge in [0.05, 0.1) is 18.5 Å². The normalized spacial score (nSPS) is 11.6. The van der Waals surface area contributed by atoms with Crippen LogP contribution in [0.5, 0.6) is 5.75 Å². The molecular formula is C15H22N4O. The lowest BCUT2D eigenvalue weighted by Crippen LogP contribution is -2.19. The molecule has 5 heteroatoms. The number of anilines is 1. The van der Waals surface area contributed by atoms with Crippen LogP contribution in [-0.4, -0.2) is 21.6 Å². The van der Waals surface area contributed by atoms with Crippen molar-refractivity contribution in [3.63, 3.8) is 0 Å². The maximum absolute atomic E-state index is 5.67. The van der Waals surface area contributed by atoms with Crippen molar-refractivity contribution in [1.82, 2.24) is 15.0 Å². The Balaban J connectivity index is 1.82. The third kappa shape index (κ3) is 3.73. The lowest BCUT2D eigenvalue weighted by atomic mass is 9.93. The minimum absolute atomic E-state index is 0.0569. The summed E-state index contributed by atoms with van der Waals surface area (Å²) in [4.78, 5) is 0. The van der Waals surface area contributed by atoms with E-state index >= 15 is 0 Å². The molecule has 1 aromatic carbocycles. The van der Waals surface area contributed by atoms with Crippen molar-refractivity contribution in [1.29, 1.82) is 0 Å². The first kappa shape index (κ1) is 14.4. The molecule has 0 saturated carbocycles. The first-order chi connectivity index (χ1) is 9.47. The summed E-state index contributed by atoms with van der Waals surface area (Å²) in [6.45, 7) is 7.93. The van der Waals surface area contributed by atoms with Gasteiger partial charge in [-0.2, -0.15) is 0 Å². The Bertz CT molecular complexity index is 540. The van der Waals surface area contributed by atoms with Gasteiger partial charge in [-0.1, -0.05) is 26.0 Å². The first-order valence-electron chi connectivity index (χ1n) is 6.84. The van der Waals surface area contributed by atoms with Gasteiger partial charge in [0, 0.05) is 24.1 Å². The number of aromatic nitrogens is 3. The number of hydrogen-bond donors (Lipinski definition) is 1. The molecular weight excluding hydrogens is 252 g/mol. The standard InChI is InChI=1S/C15H22N4O/c1-15(2,3)14-11-17-18-19(14)9-4-10-20-13-7-5-12(16)6-8-13/h5-8,11H,4,9-10,16H2,1-3H3. The fourth-order valence-corrected chi connectivity index (χ4v) is 1.97. The van der Waals surface area contributed by atoms with E-state index in [9.17, 15) is 0 Å². The molecule has 0 spiro atoms. The molecule has 5 nitrogen and oxygen atoms in total. The van der Waals surface area contributed by atoms with E-state index in [1.807, 2.05) is 35.1 Å². The molecule has 108 valence electrons. The van der Waals surface area contributed by atoms with Gasteiger partial charge in [-0.25, -0.2) is 4.68 Å². The van der Waals surface area contributed by atoms with E-state index in [-0.39, 0.29) is 5.41 Å². The zero-order valence-electron chi connectivity index (χ0n) is 12.3. The highest BCUT2D eigenvalue weighted by Gasteiger charge is 2.19. The summed E-state index contributed by atoms with van der Waals surface area (Å²) in [6, 6.07) is 7.44. The van der Waals surface area contributed by atoms with E-state index in [1.165, 1.54) is 0 Å². The van der Waals surface area contributed by atoms with Crippen molar-refractivity contribution in [2.75, 3.05) is 12.3 Å². The number of ether oxygens (including phenoxy) is 1. The van der Waals surface area contributed by atoms with Crippen LogP contribution < -0.4 is 10.5 Å². The molecule has 0 aliphatic rings. The minimum Gasteiger partial charge on any atom is -0.494 e. The summed E-state index contributed by atoms with van der Waals surface area (Å²) < 4.78 is 7.62. The Morgan fingerprint density at radius 2 is 1.90 bits per heavy atom. The molecule has 0 unspecified atom stereocenters. The van der Waals surface area contributed by atoms with Gasteiger partial charge in [0.2, 0.25) is 0 Å². The van der Waals surface area contributed by atoms with Crippen molar-refractivity contribution < 1.29 is 4.74 Å². The van der Waals surface area contributed by atoms with Crippen LogP contribution in [0.3, 0.4) is 0 Å². The number of benzene rings is 1. The number of nitrogen functional groups attached to an aromatic ring is 1. The number of nitrogens with two attached hydrogens (primary N) is 1. The number of rotatable bonds is 5. The molecule has 0 bridgehead atoms. The van der Waals surface area contributed by atoms with Crippen LogP contribution in [0.25, 0.3) is 0 Å². The SMILES string of the molecule is CC(C)(C)c1cnnn1CCCOc1ccc(N)cc1. The smallest absolute Gasteiger partial charge is 0.119 e. The zero-order chi connectivity index (χ0) is 14.6. The van der Waals surface area contributed by atoms with Gasteiger partial charge in [-0.3, -0.25) is 0 Å². The molecule has 0 aliphatic heterocycles. The van der Waals surface area contributed by atoms with E-state index in [2.05, 4.69) is 31.1 Å². The van der Waals surface area contributed by atoms with Gasteiger partial charge in [0.25, 0.3) is 0 Å². The number of nitrogens with zero attached hydrogens (tertiary/aromatic N) is 3. The quantitative estimate of drug-likeness (QED) is 0.672. The third-order valence-electron chi connectivity index (χ3n) is 3.05. The monoisotopic (exact) mass is 274 g/mol. The number of aryl methyl sites for hydroxylation is 1. The van der Waals surface area contributed by atoms with E-state index in [1.54, 1.807) is 0 Å². The summed E-state index contributed by atoms with van der Waals surface area (Å²) >= 11 is 0. The van der Waals surface area contributed by atoms with Gasteiger partial charge >= 0.3 is 0 Å². The van der Waals surface area contributed by atoms with Crippen LogP contribution in [0.15, 0.2) is 30.5 Å². The Morgan fingerprint density at radius 1 is 1.20 bits per heavy atom. The molecule has 2 N–H and O–H groups in total. The van der Waals surface area contributed by atoms with Crippen LogP contribution >= 0.6 is 0 Å². The highest BCUT2D eigenvalue weighted by atomic mass is 16.5. The second-order valence-corrected chi connectivity index (χ2v) is 5.86. The van der Waals surface area contributed by atoms with E-state index in [0.717, 1.165) is 30.1 Å². The van der Waals surface area contributed by atoms with Crippen LogP contribution in [0.4, 0.5) is 5.69 Å². The zero-order valence-corrected chi connectivity index (χ0v) is 12.3. The summed E-state index contributed by atoms with van der Waals surface area (Å²) in [5.74, 6) is 0.842. The lowest BCUT2D eigenvalue weighted by molar-refractivity contribution is 0.295. The molecule has 0 saturated heterocycles. The van der Waals surface area contributed by atoms with E-state index < -0.39 is 0 Å². The predicted octanol–water partition coefficient (Wildman–Crippen LogP) is 2.63. The van der Waals surface area contributed by atoms with Crippen LogP contribution in [0, 0.1) is 0 Å². The second kappa shape index (κ2) is 5.94. The maximum Gasteiger partial charge on any atom is 0.119 e. The van der Waals surface area contributed by atoms with Crippen LogP contribution in [0.2, 0.25) is 0 Å². The van der Waals surface area contributed by atoms with Gasteiger partial charge in [0.1, 0.15) is 5.75 Å². The van der Waals surface area contributed by atoms with Crippen molar-refractivity contribution in [2.45, 2.75) is 39.2 Å². The summed E-state index contributed by atoms with van der Waals surface area (Å²) in [7, 11) is 0. The third-order valence-corrected chi connectivity index (χ3v) is 3.05. The molecule has 0 aliphatic carbocycles. The van der Waals surface area contributed by atoms with Gasteiger partial charge < -0.3 is 10.5 Å². The Labute approximate surface area is 119 Å². The molecule has 0 radical (unpaired) electrons. The second-order valence-electron chi connectivity index (χ2n) is 5.86. The topological polar surface area (TPSA) is 66.0 Å². The Kier molecular flexibility index (Phi) is 4.27. The fraction of sp³-hybridized carbons (Fsp3) is 0.467. The fourth-order valence-electron chi connectivity index (χ4n) is 1.97. The molecule has 2 rings (SSSR count). The highest BCUT2D eigenvalue weighted by Crippen LogP contribution is 2.20. The van der Waals surface area contributed by atoms with Crippen molar-refractivity contribution in [3.05, 3.63) is 36.2 Å². The van der Waals surface area contributed by atoms with Crippen molar-refractivity contribution in [3.8, 4) is 5.75 Å². The predicted molar refractivity (Wildman–Crippen MR) is 79.7 cm³/mol. The molecule has 1 aromatic heterocycles. The van der Waals surface area contributed by atoms with Gasteiger partial charge in [-0.05, 0) is 24.3 Å². The molecule has 0 amide bonds. The summed E-state index contributed by atoms with van der Waals surface area (Å²) in [6.07, 6.45) is 2.72. The van der Waals surface area contributed by atoms with E-state index in [4.69, 9.17) is 10.5 Å². The number of hydrogen-bond acceptors (Lipinski definition) is 4. The Hall–Kier alpha value is -2.04. The van der Waals surface area contributed by atoms with Crippen molar-refractivity contribution >= 4 is 5.69 Å². The molecule has 2 aromatic rings. The average Bonchev–Trinajstić information content (AvgIpc) is 2.85. The van der Waals surface area contributed by atoms with Gasteiger partial charge in [0.15, 0.2) is 0 Å². The maximum atomic E-state index is 5.67. The lowest BCUT2D eigenvalue weighted by Gasteiger charge is -2.19. The first-order valence-corrected chi connectivity index (χ1v) is 6.84. The van der Waals surface area contributed by atoms with Crippen LogP contribution in [-0.2, 0) is 12.0 Å². The minimum atomic E-state index is 0.0569. The molecule has 0 atom stereocenters.